The molecule has 0 atom stereocenters. The van der Waals surface area contributed by atoms with E-state index in [1.807, 2.05) is 6.07 Å². The predicted molar refractivity (Wildman–Crippen MR) is 64.6 cm³/mol. The van der Waals surface area contributed by atoms with Crippen molar-refractivity contribution in [1.29, 1.82) is 5.26 Å². The highest BCUT2D eigenvalue weighted by Gasteiger charge is 2.11. The standard InChI is InChI=1S/C12H10BrNO3/c1-2-17-12(16)5-8-3-10(7-15)9(6-14)4-11(8)13/h3-4,7H,2,5H2,1H3. The summed E-state index contributed by atoms with van der Waals surface area (Å²) < 4.78 is 5.44. The Morgan fingerprint density at radius 3 is 2.82 bits per heavy atom. The fraction of sp³-hybridized carbons (Fsp3) is 0.250. The number of carbonyl (C=O) groups excluding carboxylic acids is 2. The molecule has 0 amide bonds. The van der Waals surface area contributed by atoms with Crippen molar-refractivity contribution in [3.05, 3.63) is 33.3 Å². The molecule has 4 nitrogen and oxygen atoms in total. The van der Waals surface area contributed by atoms with Crippen molar-refractivity contribution in [2.24, 2.45) is 0 Å². The Bertz CT molecular complexity index is 491. The van der Waals surface area contributed by atoms with Crippen LogP contribution in [0.15, 0.2) is 16.6 Å². The van der Waals surface area contributed by atoms with Crippen molar-refractivity contribution in [3.63, 3.8) is 0 Å². The molecule has 0 spiro atoms. The molecule has 1 rings (SSSR count). The summed E-state index contributed by atoms with van der Waals surface area (Å²) in [4.78, 5) is 22.1. The molecule has 88 valence electrons. The van der Waals surface area contributed by atoms with Crippen LogP contribution in [0.25, 0.3) is 0 Å². The molecule has 17 heavy (non-hydrogen) atoms. The van der Waals surface area contributed by atoms with Gasteiger partial charge in [-0.15, -0.1) is 0 Å². The second kappa shape index (κ2) is 6.16. The number of rotatable bonds is 4. The summed E-state index contributed by atoms with van der Waals surface area (Å²) in [5.74, 6) is -0.366. The van der Waals surface area contributed by atoms with Crippen molar-refractivity contribution in [3.8, 4) is 6.07 Å². The zero-order chi connectivity index (χ0) is 12.8. The molecule has 0 aliphatic heterocycles. The van der Waals surface area contributed by atoms with E-state index in [0.717, 1.165) is 0 Å². The number of esters is 1. The molecule has 0 radical (unpaired) electrons. The van der Waals surface area contributed by atoms with E-state index < -0.39 is 0 Å². The van der Waals surface area contributed by atoms with Crippen LogP contribution in [-0.4, -0.2) is 18.9 Å². The molecule has 1 aromatic carbocycles. The fourth-order valence-corrected chi connectivity index (χ4v) is 1.82. The lowest BCUT2D eigenvalue weighted by Gasteiger charge is -2.06. The summed E-state index contributed by atoms with van der Waals surface area (Å²) in [5, 5.41) is 8.81. The van der Waals surface area contributed by atoms with Gasteiger partial charge in [-0.2, -0.15) is 5.26 Å². The van der Waals surface area contributed by atoms with Crippen molar-refractivity contribution >= 4 is 28.2 Å². The molecule has 0 aliphatic carbocycles. The highest BCUT2D eigenvalue weighted by Crippen LogP contribution is 2.22. The molecule has 0 aliphatic rings. The maximum atomic E-state index is 11.3. The van der Waals surface area contributed by atoms with Crippen LogP contribution in [0, 0.1) is 11.3 Å². The monoisotopic (exact) mass is 295 g/mol. The average molecular weight is 296 g/mol. The van der Waals surface area contributed by atoms with Gasteiger partial charge in [-0.05, 0) is 24.6 Å². The second-order valence-corrected chi connectivity index (χ2v) is 4.10. The predicted octanol–water partition coefficient (Wildman–Crippen LogP) is 2.24. The van der Waals surface area contributed by atoms with Gasteiger partial charge in [0, 0.05) is 10.0 Å². The molecule has 0 saturated heterocycles. The number of halogens is 1. The fourth-order valence-electron chi connectivity index (χ4n) is 1.33. The molecule has 0 heterocycles. The van der Waals surface area contributed by atoms with Crippen LogP contribution < -0.4 is 0 Å². The largest absolute Gasteiger partial charge is 0.466 e. The molecule has 0 saturated carbocycles. The van der Waals surface area contributed by atoms with Crippen molar-refractivity contribution in [1.82, 2.24) is 0 Å². The van der Waals surface area contributed by atoms with Crippen molar-refractivity contribution < 1.29 is 14.3 Å². The SMILES string of the molecule is CCOC(=O)Cc1cc(C=O)c(C#N)cc1Br. The van der Waals surface area contributed by atoms with E-state index in [2.05, 4.69) is 15.9 Å². The lowest BCUT2D eigenvalue weighted by Crippen LogP contribution is -2.08. The molecule has 0 aromatic heterocycles. The minimum Gasteiger partial charge on any atom is -0.466 e. The third-order valence-electron chi connectivity index (χ3n) is 2.11. The summed E-state index contributed by atoms with van der Waals surface area (Å²) in [6, 6.07) is 4.96. The average Bonchev–Trinajstić information content (AvgIpc) is 2.31. The Labute approximate surface area is 107 Å². The third-order valence-corrected chi connectivity index (χ3v) is 2.84. The third kappa shape index (κ3) is 3.40. The van der Waals surface area contributed by atoms with Gasteiger partial charge in [0.1, 0.15) is 0 Å². The minimum atomic E-state index is -0.366. The van der Waals surface area contributed by atoms with E-state index in [9.17, 15) is 9.59 Å². The van der Waals surface area contributed by atoms with Crippen LogP contribution in [0.2, 0.25) is 0 Å². The quantitative estimate of drug-likeness (QED) is 0.631. The van der Waals surface area contributed by atoms with E-state index >= 15 is 0 Å². The molecule has 0 bridgehead atoms. The van der Waals surface area contributed by atoms with Crippen molar-refractivity contribution in [2.45, 2.75) is 13.3 Å². The number of aldehydes is 1. The maximum Gasteiger partial charge on any atom is 0.310 e. The summed E-state index contributed by atoms with van der Waals surface area (Å²) in [5.41, 5.74) is 1.18. The summed E-state index contributed by atoms with van der Waals surface area (Å²) in [7, 11) is 0. The molecular weight excluding hydrogens is 286 g/mol. The first-order valence-corrected chi connectivity index (χ1v) is 5.75. The van der Waals surface area contributed by atoms with Gasteiger partial charge in [-0.25, -0.2) is 0 Å². The Morgan fingerprint density at radius 1 is 1.59 bits per heavy atom. The zero-order valence-electron chi connectivity index (χ0n) is 9.20. The number of benzene rings is 1. The van der Waals surface area contributed by atoms with E-state index in [1.54, 1.807) is 6.92 Å². The van der Waals surface area contributed by atoms with Crippen LogP contribution >= 0.6 is 15.9 Å². The van der Waals surface area contributed by atoms with Gasteiger partial charge in [0.2, 0.25) is 0 Å². The van der Waals surface area contributed by atoms with Gasteiger partial charge >= 0.3 is 5.97 Å². The highest BCUT2D eigenvalue weighted by molar-refractivity contribution is 9.10. The number of hydrogen-bond acceptors (Lipinski definition) is 4. The second-order valence-electron chi connectivity index (χ2n) is 3.24. The molecule has 5 heteroatoms. The normalized spacial score (nSPS) is 9.47. The first-order chi connectivity index (χ1) is 8.12. The zero-order valence-corrected chi connectivity index (χ0v) is 10.8. The Morgan fingerprint density at radius 2 is 2.29 bits per heavy atom. The number of nitrogens with zero attached hydrogens (tertiary/aromatic N) is 1. The summed E-state index contributed by atoms with van der Waals surface area (Å²) >= 11 is 3.26. The van der Waals surface area contributed by atoms with Crippen LogP contribution in [0.3, 0.4) is 0 Å². The Balaban J connectivity index is 3.05. The van der Waals surface area contributed by atoms with Crippen LogP contribution in [0.4, 0.5) is 0 Å². The van der Waals surface area contributed by atoms with Gasteiger partial charge in [0.25, 0.3) is 0 Å². The van der Waals surface area contributed by atoms with E-state index in [4.69, 9.17) is 10.00 Å². The van der Waals surface area contributed by atoms with Crippen molar-refractivity contribution in [2.75, 3.05) is 6.61 Å². The van der Waals surface area contributed by atoms with Gasteiger partial charge in [0.05, 0.1) is 24.7 Å². The summed E-state index contributed by atoms with van der Waals surface area (Å²) in [6.07, 6.45) is 0.667. The summed E-state index contributed by atoms with van der Waals surface area (Å²) in [6.45, 7) is 2.04. The number of hydrogen-bond donors (Lipinski definition) is 0. The lowest BCUT2D eigenvalue weighted by atomic mass is 10.0. The van der Waals surface area contributed by atoms with E-state index in [1.165, 1.54) is 12.1 Å². The van der Waals surface area contributed by atoms with Gasteiger partial charge in [-0.3, -0.25) is 9.59 Å². The Kier molecular flexibility index (Phi) is 4.85. The minimum absolute atomic E-state index is 0.0704. The number of carbonyl (C=O) groups is 2. The van der Waals surface area contributed by atoms with Gasteiger partial charge in [0.15, 0.2) is 6.29 Å². The molecular formula is C12H10BrNO3. The maximum absolute atomic E-state index is 11.3. The first kappa shape index (κ1) is 13.4. The van der Waals surface area contributed by atoms with Crippen LogP contribution in [0.1, 0.15) is 28.4 Å². The lowest BCUT2D eigenvalue weighted by molar-refractivity contribution is -0.142. The topological polar surface area (TPSA) is 67.2 Å². The molecule has 1 aromatic rings. The molecule has 0 unspecified atom stereocenters. The number of nitriles is 1. The first-order valence-electron chi connectivity index (χ1n) is 4.95. The smallest absolute Gasteiger partial charge is 0.310 e. The molecule has 0 N–H and O–H groups in total. The van der Waals surface area contributed by atoms with Gasteiger partial charge in [-0.1, -0.05) is 15.9 Å². The van der Waals surface area contributed by atoms with E-state index in [-0.39, 0.29) is 23.5 Å². The highest BCUT2D eigenvalue weighted by atomic mass is 79.9. The van der Waals surface area contributed by atoms with Crippen LogP contribution in [0.5, 0.6) is 0 Å². The van der Waals surface area contributed by atoms with Crippen LogP contribution in [-0.2, 0) is 16.0 Å². The molecule has 0 fully saturated rings. The van der Waals surface area contributed by atoms with E-state index in [0.29, 0.717) is 22.9 Å². The Hall–Kier alpha value is -1.67. The van der Waals surface area contributed by atoms with Gasteiger partial charge < -0.3 is 4.74 Å². The number of ether oxygens (including phenoxy) is 1.